The summed E-state index contributed by atoms with van der Waals surface area (Å²) in [6, 6.07) is 2.55. The highest BCUT2D eigenvalue weighted by Gasteiger charge is 2.37. The van der Waals surface area contributed by atoms with Crippen molar-refractivity contribution in [3.63, 3.8) is 0 Å². The zero-order valence-corrected chi connectivity index (χ0v) is 11.6. The summed E-state index contributed by atoms with van der Waals surface area (Å²) in [4.78, 5) is 10.9. The number of aromatic nitrogens is 2. The Kier molecular flexibility index (Phi) is 2.97. The zero-order chi connectivity index (χ0) is 13.5. The van der Waals surface area contributed by atoms with Gasteiger partial charge in [0.1, 0.15) is 11.6 Å². The first-order valence-corrected chi connectivity index (χ1v) is 6.93. The molecule has 1 saturated heterocycles. The Morgan fingerprint density at radius 3 is 2.84 bits per heavy atom. The second kappa shape index (κ2) is 4.52. The number of nitrogens with zero attached hydrogens (tertiary/aromatic N) is 3. The van der Waals surface area contributed by atoms with Crippen LogP contribution in [0.1, 0.15) is 26.2 Å². The molecule has 104 valence electrons. The van der Waals surface area contributed by atoms with E-state index in [0.717, 1.165) is 31.1 Å². The van der Waals surface area contributed by atoms with Crippen LogP contribution < -0.4 is 21.3 Å². The van der Waals surface area contributed by atoms with Crippen LogP contribution in [-0.2, 0) is 0 Å². The smallest absolute Gasteiger partial charge is 0.223 e. The molecule has 1 atom stereocenters. The van der Waals surface area contributed by atoms with Crippen LogP contribution in [0, 0.1) is 0 Å². The zero-order valence-electron chi connectivity index (χ0n) is 11.6. The third-order valence-corrected chi connectivity index (χ3v) is 4.08. The van der Waals surface area contributed by atoms with Crippen LogP contribution in [-0.4, -0.2) is 41.7 Å². The molecule has 2 aliphatic rings. The Morgan fingerprint density at radius 2 is 2.21 bits per heavy atom. The molecule has 2 fully saturated rings. The van der Waals surface area contributed by atoms with Gasteiger partial charge in [-0.15, -0.1) is 0 Å². The van der Waals surface area contributed by atoms with Crippen molar-refractivity contribution < 1.29 is 0 Å². The maximum atomic E-state index is 5.83. The fraction of sp³-hybridized carbons (Fsp3) is 0.692. The predicted molar refractivity (Wildman–Crippen MR) is 77.4 cm³/mol. The number of hydrogen-bond acceptors (Lipinski definition) is 6. The molecule has 6 heteroatoms. The van der Waals surface area contributed by atoms with Crippen molar-refractivity contribution >= 4 is 17.6 Å². The van der Waals surface area contributed by atoms with Gasteiger partial charge in [0, 0.05) is 30.7 Å². The number of nitrogen functional groups attached to an aromatic ring is 1. The van der Waals surface area contributed by atoms with E-state index in [4.69, 9.17) is 5.73 Å². The largest absolute Gasteiger partial charge is 0.368 e. The van der Waals surface area contributed by atoms with Gasteiger partial charge in [0.2, 0.25) is 5.95 Å². The van der Waals surface area contributed by atoms with E-state index in [1.807, 2.05) is 13.1 Å². The van der Waals surface area contributed by atoms with Crippen molar-refractivity contribution in [1.82, 2.24) is 15.3 Å². The molecule has 1 aliphatic heterocycles. The Balaban J connectivity index is 1.77. The molecule has 1 saturated carbocycles. The van der Waals surface area contributed by atoms with E-state index in [-0.39, 0.29) is 5.54 Å². The van der Waals surface area contributed by atoms with Gasteiger partial charge in [0.15, 0.2) is 0 Å². The molecule has 1 aliphatic carbocycles. The first-order chi connectivity index (χ1) is 9.08. The number of rotatable bonds is 4. The normalized spacial score (nSPS) is 24.5. The molecule has 0 spiro atoms. The third kappa shape index (κ3) is 2.73. The molecule has 0 aromatic carbocycles. The summed E-state index contributed by atoms with van der Waals surface area (Å²) < 4.78 is 0. The van der Waals surface area contributed by atoms with Gasteiger partial charge in [-0.3, -0.25) is 0 Å². The second-order valence-corrected chi connectivity index (χ2v) is 5.88. The van der Waals surface area contributed by atoms with E-state index in [0.29, 0.717) is 12.0 Å². The summed E-state index contributed by atoms with van der Waals surface area (Å²) in [5.74, 6) is 2.12. The Morgan fingerprint density at radius 1 is 1.42 bits per heavy atom. The van der Waals surface area contributed by atoms with E-state index in [1.165, 1.54) is 12.8 Å². The lowest BCUT2D eigenvalue weighted by atomic mass is 10.3. The van der Waals surface area contributed by atoms with Gasteiger partial charge in [0.25, 0.3) is 0 Å². The molecular formula is C13H22N6. The number of anilines is 3. The van der Waals surface area contributed by atoms with Gasteiger partial charge < -0.3 is 21.3 Å². The van der Waals surface area contributed by atoms with Crippen LogP contribution in [0.4, 0.5) is 17.6 Å². The number of likely N-dealkylation sites (N-methyl/N-ethyl adjacent to an activating group) is 1. The highest BCUT2D eigenvalue weighted by molar-refractivity contribution is 5.54. The molecular weight excluding hydrogens is 240 g/mol. The van der Waals surface area contributed by atoms with Crippen molar-refractivity contribution in [2.75, 3.05) is 36.1 Å². The van der Waals surface area contributed by atoms with E-state index in [2.05, 4.69) is 32.4 Å². The minimum absolute atomic E-state index is 0.205. The molecule has 0 bridgehead atoms. The van der Waals surface area contributed by atoms with Gasteiger partial charge in [-0.1, -0.05) is 0 Å². The predicted octanol–water partition coefficient (Wildman–Crippen LogP) is 0.821. The first kappa shape index (κ1) is 12.5. The fourth-order valence-electron chi connectivity index (χ4n) is 2.50. The maximum absolute atomic E-state index is 5.83. The molecule has 6 nitrogen and oxygen atoms in total. The van der Waals surface area contributed by atoms with Crippen LogP contribution >= 0.6 is 0 Å². The van der Waals surface area contributed by atoms with Crippen LogP contribution in [0.15, 0.2) is 6.07 Å². The summed E-state index contributed by atoms with van der Waals surface area (Å²) in [6.45, 7) is 4.19. The van der Waals surface area contributed by atoms with Crippen molar-refractivity contribution in [1.29, 1.82) is 0 Å². The Hall–Kier alpha value is -1.56. The van der Waals surface area contributed by atoms with Crippen molar-refractivity contribution in [3.05, 3.63) is 6.07 Å². The minimum Gasteiger partial charge on any atom is -0.368 e. The van der Waals surface area contributed by atoms with E-state index in [9.17, 15) is 0 Å². The maximum Gasteiger partial charge on any atom is 0.223 e. The summed E-state index contributed by atoms with van der Waals surface area (Å²) in [5, 5.41) is 6.76. The summed E-state index contributed by atoms with van der Waals surface area (Å²) >= 11 is 0. The fourth-order valence-corrected chi connectivity index (χ4v) is 2.50. The summed E-state index contributed by atoms with van der Waals surface area (Å²) in [5.41, 5.74) is 6.03. The average molecular weight is 262 g/mol. The monoisotopic (exact) mass is 262 g/mol. The van der Waals surface area contributed by atoms with E-state index < -0.39 is 0 Å². The van der Waals surface area contributed by atoms with Crippen LogP contribution in [0.5, 0.6) is 0 Å². The molecule has 3 rings (SSSR count). The molecule has 2 heterocycles. The second-order valence-electron chi connectivity index (χ2n) is 5.88. The lowest BCUT2D eigenvalue weighted by molar-refractivity contribution is 0.616. The average Bonchev–Trinajstić information content (AvgIpc) is 2.93. The quantitative estimate of drug-likeness (QED) is 0.745. The van der Waals surface area contributed by atoms with Crippen molar-refractivity contribution in [2.45, 2.75) is 37.8 Å². The molecule has 0 amide bonds. The van der Waals surface area contributed by atoms with E-state index in [1.54, 1.807) is 0 Å². The molecule has 0 radical (unpaired) electrons. The highest BCUT2D eigenvalue weighted by atomic mass is 15.3. The Bertz CT molecular complexity index is 470. The van der Waals surface area contributed by atoms with Gasteiger partial charge in [-0.2, -0.15) is 9.97 Å². The first-order valence-electron chi connectivity index (χ1n) is 6.93. The highest BCUT2D eigenvalue weighted by Crippen LogP contribution is 2.38. The molecule has 19 heavy (non-hydrogen) atoms. The summed E-state index contributed by atoms with van der Waals surface area (Å²) in [6.07, 6.45) is 3.52. The summed E-state index contributed by atoms with van der Waals surface area (Å²) in [7, 11) is 2.00. The number of nitrogens with two attached hydrogens (primary N) is 1. The SMILES string of the molecule is CN[C@H]1CCN(c2cc(NC3(C)CC3)nc(N)n2)C1. The van der Waals surface area contributed by atoms with Crippen LogP contribution in [0.2, 0.25) is 0 Å². The van der Waals surface area contributed by atoms with E-state index >= 15 is 0 Å². The lowest BCUT2D eigenvalue weighted by Crippen LogP contribution is -2.30. The molecule has 4 N–H and O–H groups in total. The molecule has 1 aromatic rings. The molecule has 0 unspecified atom stereocenters. The number of hydrogen-bond donors (Lipinski definition) is 3. The van der Waals surface area contributed by atoms with Crippen molar-refractivity contribution in [2.24, 2.45) is 0 Å². The topological polar surface area (TPSA) is 79.1 Å². The van der Waals surface area contributed by atoms with Gasteiger partial charge in [0.05, 0.1) is 0 Å². The van der Waals surface area contributed by atoms with Crippen LogP contribution in [0.25, 0.3) is 0 Å². The number of nitrogens with one attached hydrogen (secondary N) is 2. The van der Waals surface area contributed by atoms with Crippen LogP contribution in [0.3, 0.4) is 0 Å². The van der Waals surface area contributed by atoms with Crippen molar-refractivity contribution in [3.8, 4) is 0 Å². The van der Waals surface area contributed by atoms with Gasteiger partial charge in [-0.05, 0) is 33.2 Å². The van der Waals surface area contributed by atoms with Gasteiger partial charge >= 0.3 is 0 Å². The lowest BCUT2D eigenvalue weighted by Gasteiger charge is -2.19. The standard InChI is InChI=1S/C13H22N6/c1-13(4-5-13)18-10-7-11(17-12(14)16-10)19-6-3-9(8-19)15-2/h7,9,15H,3-6,8H2,1-2H3,(H3,14,16,17,18)/t9-/m0/s1. The molecule has 1 aromatic heterocycles. The third-order valence-electron chi connectivity index (χ3n) is 4.08. The Labute approximate surface area is 113 Å². The van der Waals surface area contributed by atoms with Gasteiger partial charge in [-0.25, -0.2) is 0 Å². The minimum atomic E-state index is 0.205.